The van der Waals surface area contributed by atoms with Crippen molar-refractivity contribution >= 4 is 0 Å². The van der Waals surface area contributed by atoms with Crippen LogP contribution in [0.4, 0.5) is 0 Å². The van der Waals surface area contributed by atoms with Crippen molar-refractivity contribution in [1.29, 1.82) is 0 Å². The highest BCUT2D eigenvalue weighted by Crippen LogP contribution is 2.23. The number of hydrogen-bond donors (Lipinski definition) is 1. The fourth-order valence-corrected chi connectivity index (χ4v) is 2.36. The number of morpholine rings is 1. The van der Waals surface area contributed by atoms with Gasteiger partial charge in [0.05, 0.1) is 12.5 Å². The van der Waals surface area contributed by atoms with Crippen LogP contribution >= 0.6 is 0 Å². The van der Waals surface area contributed by atoms with Crippen LogP contribution in [0.5, 0.6) is 0 Å². The Hall–Kier alpha value is -0.980. The lowest BCUT2D eigenvalue weighted by atomic mass is 10.1. The zero-order valence-corrected chi connectivity index (χ0v) is 11.8. The van der Waals surface area contributed by atoms with Crippen molar-refractivity contribution in [3.05, 3.63) is 11.7 Å². The number of nitrogens with two attached hydrogens (primary N) is 1. The molecule has 0 amide bonds. The molecule has 2 unspecified atom stereocenters. The summed E-state index contributed by atoms with van der Waals surface area (Å²) in [7, 11) is 0. The van der Waals surface area contributed by atoms with E-state index in [1.807, 2.05) is 0 Å². The van der Waals surface area contributed by atoms with Gasteiger partial charge in [-0.1, -0.05) is 19.0 Å². The Morgan fingerprint density at radius 2 is 2.32 bits per heavy atom. The predicted molar refractivity (Wildman–Crippen MR) is 71.8 cm³/mol. The van der Waals surface area contributed by atoms with Gasteiger partial charge in [-0.15, -0.1) is 0 Å². The first-order valence-corrected chi connectivity index (χ1v) is 7.16. The first-order valence-electron chi connectivity index (χ1n) is 7.16. The van der Waals surface area contributed by atoms with Crippen molar-refractivity contribution in [3.8, 4) is 0 Å². The van der Waals surface area contributed by atoms with E-state index in [1.165, 1.54) is 0 Å². The number of rotatable bonds is 6. The van der Waals surface area contributed by atoms with E-state index in [9.17, 15) is 0 Å². The Morgan fingerprint density at radius 3 is 3.00 bits per heavy atom. The van der Waals surface area contributed by atoms with Gasteiger partial charge in [-0.3, -0.25) is 4.90 Å². The second kappa shape index (κ2) is 6.98. The van der Waals surface area contributed by atoms with Gasteiger partial charge in [-0.25, -0.2) is 0 Å². The fourth-order valence-electron chi connectivity index (χ4n) is 2.36. The van der Waals surface area contributed by atoms with Gasteiger partial charge in [-0.2, -0.15) is 4.98 Å². The summed E-state index contributed by atoms with van der Waals surface area (Å²) in [6.07, 6.45) is 1.98. The SMILES string of the molecule is CCCN1CCOC(c2noc(C(CC)CN)n2)C1. The van der Waals surface area contributed by atoms with Crippen LogP contribution < -0.4 is 5.73 Å². The number of nitrogens with zero attached hydrogens (tertiary/aromatic N) is 3. The van der Waals surface area contributed by atoms with Crippen molar-refractivity contribution in [2.45, 2.75) is 38.7 Å². The maximum absolute atomic E-state index is 5.74. The Labute approximate surface area is 114 Å². The average molecular weight is 268 g/mol. The standard InChI is InChI=1S/C13H24N4O2/c1-3-5-17-6-7-18-11(9-17)12-15-13(19-16-12)10(4-2)8-14/h10-11H,3-9,14H2,1-2H3. The minimum atomic E-state index is -0.0759. The minimum Gasteiger partial charge on any atom is -0.367 e. The van der Waals surface area contributed by atoms with Gasteiger partial charge in [-0.05, 0) is 19.4 Å². The van der Waals surface area contributed by atoms with Gasteiger partial charge in [0.25, 0.3) is 0 Å². The van der Waals surface area contributed by atoms with E-state index < -0.39 is 0 Å². The topological polar surface area (TPSA) is 77.4 Å². The molecule has 1 aliphatic heterocycles. The van der Waals surface area contributed by atoms with Crippen molar-refractivity contribution in [3.63, 3.8) is 0 Å². The van der Waals surface area contributed by atoms with Crippen LogP contribution in [0, 0.1) is 0 Å². The van der Waals surface area contributed by atoms with Crippen LogP contribution in [0.15, 0.2) is 4.52 Å². The molecule has 2 rings (SSSR count). The summed E-state index contributed by atoms with van der Waals surface area (Å²) >= 11 is 0. The number of hydrogen-bond acceptors (Lipinski definition) is 6. The Kier molecular flexibility index (Phi) is 5.30. The van der Waals surface area contributed by atoms with Crippen LogP contribution in [0.25, 0.3) is 0 Å². The van der Waals surface area contributed by atoms with Crippen LogP contribution in [-0.4, -0.2) is 47.8 Å². The van der Waals surface area contributed by atoms with Gasteiger partial charge in [0, 0.05) is 19.6 Å². The zero-order valence-electron chi connectivity index (χ0n) is 11.8. The third-order valence-corrected chi connectivity index (χ3v) is 3.56. The van der Waals surface area contributed by atoms with Gasteiger partial charge in [0.2, 0.25) is 11.7 Å². The van der Waals surface area contributed by atoms with E-state index >= 15 is 0 Å². The lowest BCUT2D eigenvalue weighted by molar-refractivity contribution is -0.0350. The summed E-state index contributed by atoms with van der Waals surface area (Å²) in [6.45, 7) is 8.42. The smallest absolute Gasteiger partial charge is 0.231 e. The van der Waals surface area contributed by atoms with Crippen LogP contribution in [0.1, 0.15) is 50.4 Å². The molecule has 1 aromatic rings. The van der Waals surface area contributed by atoms with Gasteiger partial charge in [0.1, 0.15) is 6.10 Å². The normalized spacial score (nSPS) is 22.6. The fraction of sp³-hybridized carbons (Fsp3) is 0.846. The summed E-state index contributed by atoms with van der Waals surface area (Å²) in [5, 5.41) is 4.06. The maximum Gasteiger partial charge on any atom is 0.231 e. The summed E-state index contributed by atoms with van der Waals surface area (Å²) in [5.41, 5.74) is 5.70. The van der Waals surface area contributed by atoms with Crippen LogP contribution in [-0.2, 0) is 4.74 Å². The summed E-state index contributed by atoms with van der Waals surface area (Å²) in [5.74, 6) is 1.44. The van der Waals surface area contributed by atoms with E-state index in [0.717, 1.165) is 39.1 Å². The third-order valence-electron chi connectivity index (χ3n) is 3.56. The van der Waals surface area contributed by atoms with Crippen molar-refractivity contribution in [2.24, 2.45) is 5.73 Å². The summed E-state index contributed by atoms with van der Waals surface area (Å²) < 4.78 is 11.1. The minimum absolute atomic E-state index is 0.0759. The Bertz CT molecular complexity index is 376. The molecule has 2 atom stereocenters. The molecule has 0 bridgehead atoms. The predicted octanol–water partition coefficient (Wildman–Crippen LogP) is 1.31. The van der Waals surface area contributed by atoms with Crippen molar-refractivity contribution < 1.29 is 9.26 Å². The Balaban J connectivity index is 2.01. The van der Waals surface area contributed by atoms with E-state index in [4.69, 9.17) is 15.0 Å². The molecule has 19 heavy (non-hydrogen) atoms. The monoisotopic (exact) mass is 268 g/mol. The molecule has 1 saturated heterocycles. The van der Waals surface area contributed by atoms with Gasteiger partial charge in [0.15, 0.2) is 0 Å². The van der Waals surface area contributed by atoms with E-state index in [2.05, 4.69) is 28.9 Å². The summed E-state index contributed by atoms with van der Waals surface area (Å²) in [6, 6.07) is 0. The third kappa shape index (κ3) is 3.52. The van der Waals surface area contributed by atoms with Crippen molar-refractivity contribution in [2.75, 3.05) is 32.8 Å². The van der Waals surface area contributed by atoms with Crippen molar-refractivity contribution in [1.82, 2.24) is 15.0 Å². The van der Waals surface area contributed by atoms with Gasteiger partial charge < -0.3 is 15.0 Å². The lowest BCUT2D eigenvalue weighted by Crippen LogP contribution is -2.39. The highest BCUT2D eigenvalue weighted by Gasteiger charge is 2.27. The van der Waals surface area contributed by atoms with E-state index in [0.29, 0.717) is 18.3 Å². The molecule has 2 heterocycles. The molecule has 6 heteroatoms. The molecule has 0 radical (unpaired) electrons. The Morgan fingerprint density at radius 1 is 1.47 bits per heavy atom. The number of aromatic nitrogens is 2. The molecular weight excluding hydrogens is 244 g/mol. The molecule has 1 aliphatic rings. The first kappa shape index (κ1) is 14.4. The second-order valence-corrected chi connectivity index (χ2v) is 4.99. The molecule has 1 fully saturated rings. The highest BCUT2D eigenvalue weighted by atomic mass is 16.5. The quantitative estimate of drug-likeness (QED) is 0.838. The molecule has 6 nitrogen and oxygen atoms in total. The molecule has 0 saturated carbocycles. The molecule has 0 aromatic carbocycles. The van der Waals surface area contributed by atoms with Crippen LogP contribution in [0.3, 0.4) is 0 Å². The molecular formula is C13H24N4O2. The molecule has 1 aromatic heterocycles. The first-order chi connectivity index (χ1) is 9.28. The molecule has 0 spiro atoms. The maximum atomic E-state index is 5.74. The second-order valence-electron chi connectivity index (χ2n) is 4.99. The van der Waals surface area contributed by atoms with E-state index in [1.54, 1.807) is 0 Å². The van der Waals surface area contributed by atoms with E-state index in [-0.39, 0.29) is 12.0 Å². The van der Waals surface area contributed by atoms with Crippen LogP contribution in [0.2, 0.25) is 0 Å². The molecule has 2 N–H and O–H groups in total. The lowest BCUT2D eigenvalue weighted by Gasteiger charge is -2.30. The number of ether oxygens (including phenoxy) is 1. The highest BCUT2D eigenvalue weighted by molar-refractivity contribution is 4.98. The zero-order chi connectivity index (χ0) is 13.7. The summed E-state index contributed by atoms with van der Waals surface area (Å²) in [4.78, 5) is 6.84. The molecule has 0 aliphatic carbocycles. The van der Waals surface area contributed by atoms with Gasteiger partial charge >= 0.3 is 0 Å². The largest absolute Gasteiger partial charge is 0.367 e. The average Bonchev–Trinajstić information content (AvgIpc) is 2.91. The molecule has 108 valence electrons.